The summed E-state index contributed by atoms with van der Waals surface area (Å²) in [5.74, 6) is -1.06. The molecule has 1 rings (SSSR count). The van der Waals surface area contributed by atoms with E-state index in [9.17, 15) is 14.0 Å². The van der Waals surface area contributed by atoms with Crippen molar-refractivity contribution >= 4 is 11.8 Å². The zero-order chi connectivity index (χ0) is 12.0. The summed E-state index contributed by atoms with van der Waals surface area (Å²) in [6.45, 7) is 0. The first-order valence-corrected chi connectivity index (χ1v) is 4.95. The lowest BCUT2D eigenvalue weighted by atomic mass is 10.1. The average Bonchev–Trinajstić information content (AvgIpc) is 2.26. The molecule has 0 heterocycles. The molecule has 0 aromatic heterocycles. The number of halogens is 1. The highest BCUT2D eigenvalue weighted by Gasteiger charge is 2.09. The molecule has 4 heteroatoms. The Kier molecular flexibility index (Phi) is 4.64. The summed E-state index contributed by atoms with van der Waals surface area (Å²) in [6.07, 6.45) is 0.442. The highest BCUT2D eigenvalue weighted by Crippen LogP contribution is 2.07. The first kappa shape index (κ1) is 12.4. The van der Waals surface area contributed by atoms with Crippen LogP contribution in [0.3, 0.4) is 0 Å². The molecule has 0 aliphatic heterocycles. The molecule has 0 unspecified atom stereocenters. The molecule has 0 aliphatic rings. The van der Waals surface area contributed by atoms with Crippen molar-refractivity contribution in [3.8, 4) is 0 Å². The van der Waals surface area contributed by atoms with E-state index in [0.717, 1.165) is 5.56 Å². The number of methoxy groups -OCH3 is 1. The number of hydrogen-bond donors (Lipinski definition) is 0. The molecule has 0 saturated heterocycles. The molecule has 0 atom stereocenters. The number of aryl methyl sites for hydroxylation is 1. The number of benzene rings is 1. The Balaban J connectivity index is 2.40. The highest BCUT2D eigenvalue weighted by molar-refractivity contribution is 5.95. The molecule has 0 saturated carbocycles. The zero-order valence-corrected chi connectivity index (χ0v) is 9.03. The van der Waals surface area contributed by atoms with Gasteiger partial charge in [-0.3, -0.25) is 9.59 Å². The third kappa shape index (κ3) is 4.21. The number of Topliss-reactive ketones (excluding diaryl/α,β-unsaturated/α-hetero) is 1. The minimum absolute atomic E-state index is 0.198. The lowest BCUT2D eigenvalue weighted by Crippen LogP contribution is -2.09. The molecule has 0 radical (unpaired) electrons. The minimum atomic E-state index is -0.538. The van der Waals surface area contributed by atoms with Gasteiger partial charge in [0, 0.05) is 6.42 Å². The standard InChI is InChI=1S/C12H13FO3/c1-16-12(15)8-11(14)6-5-9-3-2-4-10(13)7-9/h2-4,7H,5-6,8H2,1H3. The van der Waals surface area contributed by atoms with Gasteiger partial charge >= 0.3 is 5.97 Å². The van der Waals surface area contributed by atoms with Crippen molar-refractivity contribution in [3.63, 3.8) is 0 Å². The van der Waals surface area contributed by atoms with Gasteiger partial charge in [-0.25, -0.2) is 4.39 Å². The van der Waals surface area contributed by atoms with Crippen molar-refractivity contribution in [2.24, 2.45) is 0 Å². The van der Waals surface area contributed by atoms with Crippen LogP contribution in [0, 0.1) is 5.82 Å². The fourth-order valence-corrected chi connectivity index (χ4v) is 1.30. The average molecular weight is 224 g/mol. The van der Waals surface area contributed by atoms with Gasteiger partial charge in [0.25, 0.3) is 0 Å². The van der Waals surface area contributed by atoms with Gasteiger partial charge in [0.15, 0.2) is 0 Å². The molecule has 86 valence electrons. The Hall–Kier alpha value is -1.71. The van der Waals surface area contributed by atoms with E-state index >= 15 is 0 Å². The van der Waals surface area contributed by atoms with Crippen LogP contribution < -0.4 is 0 Å². The van der Waals surface area contributed by atoms with Crippen molar-refractivity contribution in [1.29, 1.82) is 0 Å². The van der Waals surface area contributed by atoms with E-state index in [0.29, 0.717) is 6.42 Å². The summed E-state index contributed by atoms with van der Waals surface area (Å²) in [5, 5.41) is 0. The Morgan fingerprint density at radius 2 is 2.12 bits per heavy atom. The predicted octanol–water partition coefficient (Wildman–Crippen LogP) is 1.89. The number of hydrogen-bond acceptors (Lipinski definition) is 3. The van der Waals surface area contributed by atoms with E-state index in [-0.39, 0.29) is 24.4 Å². The number of carbonyl (C=O) groups is 2. The Labute approximate surface area is 93.2 Å². The molecule has 3 nitrogen and oxygen atoms in total. The molecule has 1 aromatic rings. The van der Waals surface area contributed by atoms with E-state index in [1.54, 1.807) is 12.1 Å². The van der Waals surface area contributed by atoms with Gasteiger partial charge in [-0.15, -0.1) is 0 Å². The number of carbonyl (C=O) groups excluding carboxylic acids is 2. The first-order valence-electron chi connectivity index (χ1n) is 4.95. The van der Waals surface area contributed by atoms with Crippen LogP contribution in [0.2, 0.25) is 0 Å². The van der Waals surface area contributed by atoms with Gasteiger partial charge in [-0.2, -0.15) is 0 Å². The summed E-state index contributed by atoms with van der Waals surface area (Å²) in [7, 11) is 1.24. The molecule has 16 heavy (non-hydrogen) atoms. The molecule has 0 N–H and O–H groups in total. The molecule has 0 bridgehead atoms. The predicted molar refractivity (Wildman–Crippen MR) is 56.4 cm³/mol. The lowest BCUT2D eigenvalue weighted by Gasteiger charge is -2.01. The summed E-state index contributed by atoms with van der Waals surface area (Å²) >= 11 is 0. The topological polar surface area (TPSA) is 43.4 Å². The maximum atomic E-state index is 12.8. The van der Waals surface area contributed by atoms with E-state index in [4.69, 9.17) is 0 Å². The van der Waals surface area contributed by atoms with E-state index in [1.165, 1.54) is 19.2 Å². The third-order valence-corrected chi connectivity index (χ3v) is 2.15. The van der Waals surface area contributed by atoms with Crippen LogP contribution in [-0.2, 0) is 20.7 Å². The van der Waals surface area contributed by atoms with Crippen LogP contribution in [0.1, 0.15) is 18.4 Å². The number of rotatable bonds is 5. The van der Waals surface area contributed by atoms with E-state index in [2.05, 4.69) is 4.74 Å². The minimum Gasteiger partial charge on any atom is -0.469 e. The summed E-state index contributed by atoms with van der Waals surface area (Å²) in [6, 6.07) is 6.06. The maximum absolute atomic E-state index is 12.8. The molecular formula is C12H13FO3. The van der Waals surface area contributed by atoms with Crippen LogP contribution in [-0.4, -0.2) is 18.9 Å². The first-order chi connectivity index (χ1) is 7.61. The van der Waals surface area contributed by atoms with Gasteiger partial charge in [0.05, 0.1) is 7.11 Å². The van der Waals surface area contributed by atoms with Crippen molar-refractivity contribution in [2.75, 3.05) is 7.11 Å². The second-order valence-corrected chi connectivity index (χ2v) is 3.42. The van der Waals surface area contributed by atoms with Gasteiger partial charge in [-0.05, 0) is 24.1 Å². The molecule has 1 aromatic carbocycles. The quantitative estimate of drug-likeness (QED) is 0.566. The SMILES string of the molecule is COC(=O)CC(=O)CCc1cccc(F)c1. The van der Waals surface area contributed by atoms with E-state index in [1.807, 2.05) is 0 Å². The zero-order valence-electron chi connectivity index (χ0n) is 9.03. The van der Waals surface area contributed by atoms with Crippen LogP contribution >= 0.6 is 0 Å². The van der Waals surface area contributed by atoms with Crippen molar-refractivity contribution in [3.05, 3.63) is 35.6 Å². The molecule has 0 amide bonds. The third-order valence-electron chi connectivity index (χ3n) is 2.15. The number of ether oxygens (including phenoxy) is 1. The van der Waals surface area contributed by atoms with Gasteiger partial charge in [0.2, 0.25) is 0 Å². The maximum Gasteiger partial charge on any atom is 0.313 e. The Bertz CT molecular complexity index is 388. The summed E-state index contributed by atoms with van der Waals surface area (Å²) in [5.41, 5.74) is 0.748. The van der Waals surface area contributed by atoms with Crippen LogP contribution in [0.4, 0.5) is 4.39 Å². The van der Waals surface area contributed by atoms with Crippen LogP contribution in [0.15, 0.2) is 24.3 Å². The number of ketones is 1. The fraction of sp³-hybridized carbons (Fsp3) is 0.333. The second kappa shape index (κ2) is 6.00. The van der Waals surface area contributed by atoms with Gasteiger partial charge in [-0.1, -0.05) is 12.1 Å². The van der Waals surface area contributed by atoms with Gasteiger partial charge < -0.3 is 4.74 Å². The lowest BCUT2D eigenvalue weighted by molar-refractivity contribution is -0.143. The second-order valence-electron chi connectivity index (χ2n) is 3.42. The number of esters is 1. The molecule has 0 aliphatic carbocycles. The van der Waals surface area contributed by atoms with E-state index < -0.39 is 5.97 Å². The Morgan fingerprint density at radius 1 is 1.38 bits per heavy atom. The fourth-order valence-electron chi connectivity index (χ4n) is 1.30. The van der Waals surface area contributed by atoms with Crippen molar-refractivity contribution in [2.45, 2.75) is 19.3 Å². The van der Waals surface area contributed by atoms with Crippen LogP contribution in [0.25, 0.3) is 0 Å². The smallest absolute Gasteiger partial charge is 0.313 e. The monoisotopic (exact) mass is 224 g/mol. The molecule has 0 spiro atoms. The highest BCUT2D eigenvalue weighted by atomic mass is 19.1. The van der Waals surface area contributed by atoms with Crippen molar-refractivity contribution in [1.82, 2.24) is 0 Å². The van der Waals surface area contributed by atoms with Crippen LogP contribution in [0.5, 0.6) is 0 Å². The van der Waals surface area contributed by atoms with Gasteiger partial charge in [0.1, 0.15) is 18.0 Å². The normalized spacial score (nSPS) is 9.88. The molecule has 0 fully saturated rings. The largest absolute Gasteiger partial charge is 0.469 e. The molecular weight excluding hydrogens is 211 g/mol. The van der Waals surface area contributed by atoms with Crippen molar-refractivity contribution < 1.29 is 18.7 Å². The summed E-state index contributed by atoms with van der Waals surface area (Å²) < 4.78 is 17.2. The summed E-state index contributed by atoms with van der Waals surface area (Å²) in [4.78, 5) is 22.1. The Morgan fingerprint density at radius 3 is 2.75 bits per heavy atom.